The number of unbranched alkanes of at least 4 members (excludes halogenated alkanes) is 2. The van der Waals surface area contributed by atoms with Crippen LogP contribution in [0.1, 0.15) is 80.1 Å². The predicted molar refractivity (Wildman–Crippen MR) is 185 cm³/mol. The molecular weight excluding hydrogens is 664 g/mol. The van der Waals surface area contributed by atoms with Gasteiger partial charge in [-0.05, 0) is 99.8 Å². The summed E-state index contributed by atoms with van der Waals surface area (Å²) in [5, 5.41) is 43.4. The molecule has 0 spiro atoms. The fraction of sp³-hybridized carbons (Fsp3) is 0.541. The monoisotopic (exact) mass is 714 g/mol. The van der Waals surface area contributed by atoms with Crippen molar-refractivity contribution < 1.29 is 53.8 Å². The number of methoxy groups -OCH3 is 1. The van der Waals surface area contributed by atoms with E-state index in [1.807, 2.05) is 42.5 Å². The molecule has 0 bridgehead atoms. The molecule has 0 unspecified atom stereocenters. The summed E-state index contributed by atoms with van der Waals surface area (Å²) in [6.45, 7) is -0.429. The molecule has 0 aromatic heterocycles. The van der Waals surface area contributed by atoms with Gasteiger partial charge in [0.15, 0.2) is 11.5 Å². The van der Waals surface area contributed by atoms with Crippen LogP contribution in [0, 0.1) is 22.0 Å². The zero-order valence-electron chi connectivity index (χ0n) is 29.0. The van der Waals surface area contributed by atoms with E-state index in [1.54, 1.807) is 0 Å². The zero-order chi connectivity index (χ0) is 37.0. The van der Waals surface area contributed by atoms with Crippen LogP contribution in [-0.4, -0.2) is 83.4 Å². The number of benzene rings is 2. The van der Waals surface area contributed by atoms with Crippen molar-refractivity contribution in [2.24, 2.45) is 11.8 Å². The molecule has 51 heavy (non-hydrogen) atoms. The molecule has 2 aromatic carbocycles. The van der Waals surface area contributed by atoms with Crippen molar-refractivity contribution in [3.63, 3.8) is 0 Å². The van der Waals surface area contributed by atoms with Gasteiger partial charge in [-0.2, -0.15) is 0 Å². The molecule has 1 aliphatic rings. The third-order valence-corrected chi connectivity index (χ3v) is 8.83. The number of amides is 1. The molecule has 3 rings (SSSR count). The Bertz CT molecular complexity index is 1420. The van der Waals surface area contributed by atoms with Gasteiger partial charge in [-0.15, -0.1) is 10.1 Å². The fourth-order valence-electron chi connectivity index (χ4n) is 6.05. The molecule has 2 aromatic rings. The van der Waals surface area contributed by atoms with Crippen LogP contribution in [-0.2, 0) is 25.6 Å². The summed E-state index contributed by atoms with van der Waals surface area (Å²) in [7, 11) is 1.34. The second-order valence-electron chi connectivity index (χ2n) is 12.6. The first-order chi connectivity index (χ1) is 24.6. The Labute approximate surface area is 297 Å². The molecule has 0 aliphatic heterocycles. The van der Waals surface area contributed by atoms with Crippen LogP contribution in [0.5, 0.6) is 11.5 Å². The Balaban J connectivity index is 1.31. The molecule has 280 valence electrons. The van der Waals surface area contributed by atoms with Crippen molar-refractivity contribution in [3.8, 4) is 11.5 Å². The molecule has 14 nitrogen and oxygen atoms in total. The van der Waals surface area contributed by atoms with Gasteiger partial charge in [0.1, 0.15) is 6.54 Å². The van der Waals surface area contributed by atoms with Crippen LogP contribution >= 0.6 is 0 Å². The van der Waals surface area contributed by atoms with E-state index in [-0.39, 0.29) is 61.0 Å². The Morgan fingerprint density at radius 2 is 1.73 bits per heavy atom. The van der Waals surface area contributed by atoms with E-state index in [0.717, 1.165) is 6.42 Å². The number of aliphatic hydroxyl groups is 3. The van der Waals surface area contributed by atoms with E-state index < -0.39 is 35.3 Å². The van der Waals surface area contributed by atoms with Gasteiger partial charge in [0.25, 0.3) is 5.09 Å². The first kappa shape index (κ1) is 40.9. The number of esters is 2. The summed E-state index contributed by atoms with van der Waals surface area (Å²) in [5.41, 5.74) is 1.33. The number of ether oxygens (including phenoxy) is 3. The largest absolute Gasteiger partial charge is 0.493 e. The molecule has 14 heteroatoms. The second-order valence-corrected chi connectivity index (χ2v) is 12.6. The molecule has 1 aliphatic carbocycles. The van der Waals surface area contributed by atoms with Gasteiger partial charge in [-0.3, -0.25) is 4.79 Å². The van der Waals surface area contributed by atoms with Crippen molar-refractivity contribution in [2.75, 3.05) is 26.9 Å². The van der Waals surface area contributed by atoms with Crippen molar-refractivity contribution >= 4 is 17.8 Å². The summed E-state index contributed by atoms with van der Waals surface area (Å²) >= 11 is 0. The predicted octanol–water partition coefficient (Wildman–Crippen LogP) is 4.11. The van der Waals surface area contributed by atoms with Crippen molar-refractivity contribution in [1.29, 1.82) is 0 Å². The van der Waals surface area contributed by atoms with Crippen molar-refractivity contribution in [2.45, 2.75) is 88.9 Å². The number of carbonyl (C=O) groups is 3. The standard InChI is InChI=1S/C37H50N2O12/c1-48-34-23-27(37(45)49-21-9-10-22-50-39(46)47)16-20-33(34)51-36(44)25-38-35(43)14-8-3-2-7-13-29-30(32(42)24-31(29)41)19-18-28(40)17-15-26-11-5-4-6-12-26/h2,4-7,11-12,16,20,23,28-32,40-42H,3,8-10,13-15,17-19,21-22,24-25H2,1H3,(H,38,43)/t28-,29+,30+,31-,32+/m0/s1. The van der Waals surface area contributed by atoms with Gasteiger partial charge in [-0.1, -0.05) is 42.5 Å². The number of carbonyl (C=O) groups excluding carboxylic acids is 3. The minimum atomic E-state index is -0.888. The van der Waals surface area contributed by atoms with Gasteiger partial charge >= 0.3 is 11.9 Å². The number of aryl methyl sites for hydroxylation is 1. The SMILES string of the molecule is COc1cc(C(=O)OCCCCO[N+](=O)[O-])ccc1OC(=O)CNC(=O)CCCC=CC[C@@H]1[C@@H](CC[C@@H](O)CCc2ccccc2)[C@H](O)C[C@@H]1O. The quantitative estimate of drug-likeness (QED) is 0.0321. The molecule has 1 amide bonds. The topological polar surface area (TPSA) is 204 Å². The van der Waals surface area contributed by atoms with Gasteiger partial charge < -0.3 is 39.7 Å². The third-order valence-electron chi connectivity index (χ3n) is 8.83. The number of hydrogen-bond acceptors (Lipinski definition) is 12. The lowest BCUT2D eigenvalue weighted by molar-refractivity contribution is -0.757. The highest BCUT2D eigenvalue weighted by molar-refractivity contribution is 5.90. The van der Waals surface area contributed by atoms with E-state index in [1.165, 1.54) is 30.9 Å². The highest BCUT2D eigenvalue weighted by Gasteiger charge is 2.40. The maximum Gasteiger partial charge on any atom is 0.338 e. The summed E-state index contributed by atoms with van der Waals surface area (Å²) in [4.78, 5) is 51.3. The van der Waals surface area contributed by atoms with E-state index in [2.05, 4.69) is 10.2 Å². The van der Waals surface area contributed by atoms with Gasteiger partial charge in [0.2, 0.25) is 5.91 Å². The van der Waals surface area contributed by atoms with E-state index in [4.69, 9.17) is 14.2 Å². The Morgan fingerprint density at radius 1 is 0.980 bits per heavy atom. The number of nitrogens with one attached hydrogen (secondary N) is 1. The third kappa shape index (κ3) is 15.1. The number of nitrogens with zero attached hydrogens (tertiary/aromatic N) is 1. The summed E-state index contributed by atoms with van der Waals surface area (Å²) < 4.78 is 15.7. The smallest absolute Gasteiger partial charge is 0.338 e. The molecule has 0 saturated heterocycles. The maximum absolute atomic E-state index is 12.4. The maximum atomic E-state index is 12.4. The molecule has 5 atom stereocenters. The fourth-order valence-corrected chi connectivity index (χ4v) is 6.05. The lowest BCUT2D eigenvalue weighted by Gasteiger charge is -2.23. The molecule has 1 fully saturated rings. The second kappa shape index (κ2) is 22.3. The normalized spacial score (nSPS) is 19.0. The highest BCUT2D eigenvalue weighted by Crippen LogP contribution is 2.38. The van der Waals surface area contributed by atoms with Gasteiger partial charge in [0, 0.05) is 6.42 Å². The van der Waals surface area contributed by atoms with E-state index in [9.17, 15) is 39.8 Å². The molecule has 0 radical (unpaired) electrons. The van der Waals surface area contributed by atoms with E-state index >= 15 is 0 Å². The number of hydrogen-bond donors (Lipinski definition) is 4. The van der Waals surface area contributed by atoms with Crippen LogP contribution in [0.15, 0.2) is 60.7 Å². The van der Waals surface area contributed by atoms with Gasteiger partial charge in [-0.25, -0.2) is 9.59 Å². The Morgan fingerprint density at radius 3 is 2.47 bits per heavy atom. The van der Waals surface area contributed by atoms with E-state index in [0.29, 0.717) is 57.8 Å². The van der Waals surface area contributed by atoms with Crippen LogP contribution in [0.4, 0.5) is 0 Å². The number of aliphatic hydroxyl groups excluding tert-OH is 3. The van der Waals surface area contributed by atoms with Crippen LogP contribution in [0.3, 0.4) is 0 Å². The minimum absolute atomic E-state index is 0.0356. The molecule has 1 saturated carbocycles. The number of allylic oxidation sites excluding steroid dienone is 2. The first-order valence-electron chi connectivity index (χ1n) is 17.4. The van der Waals surface area contributed by atoms with Crippen molar-refractivity contribution in [1.82, 2.24) is 5.32 Å². The average Bonchev–Trinajstić information content (AvgIpc) is 3.39. The van der Waals surface area contributed by atoms with Crippen LogP contribution in [0.2, 0.25) is 0 Å². The minimum Gasteiger partial charge on any atom is -0.493 e. The van der Waals surface area contributed by atoms with Crippen LogP contribution in [0.25, 0.3) is 0 Å². The lowest BCUT2D eigenvalue weighted by atomic mass is 9.85. The Kier molecular flexibility index (Phi) is 17.9. The lowest BCUT2D eigenvalue weighted by Crippen LogP contribution is -2.31. The molecule has 0 heterocycles. The summed E-state index contributed by atoms with van der Waals surface area (Å²) in [6.07, 6.45) is 7.86. The Hall–Kier alpha value is -4.53. The summed E-state index contributed by atoms with van der Waals surface area (Å²) in [6, 6.07) is 14.1. The molecule has 4 N–H and O–H groups in total. The first-order valence-corrected chi connectivity index (χ1v) is 17.4. The van der Waals surface area contributed by atoms with Gasteiger partial charge in [0.05, 0.1) is 44.2 Å². The highest BCUT2D eigenvalue weighted by atomic mass is 16.9. The van der Waals surface area contributed by atoms with Crippen molar-refractivity contribution in [3.05, 3.63) is 81.9 Å². The molecular formula is C37H50N2O12. The number of rotatable bonds is 23. The zero-order valence-corrected chi connectivity index (χ0v) is 29.0. The van der Waals surface area contributed by atoms with Crippen LogP contribution < -0.4 is 14.8 Å². The average molecular weight is 715 g/mol. The summed E-state index contributed by atoms with van der Waals surface area (Å²) in [5.74, 6) is -1.74.